The third-order valence-electron chi connectivity index (χ3n) is 4.43. The minimum Gasteiger partial charge on any atom is -0.377 e. The van der Waals surface area contributed by atoms with E-state index in [9.17, 15) is 8.78 Å². The monoisotopic (exact) mass is 267 g/mol. The number of benzene rings is 1. The Balaban J connectivity index is 1.73. The predicted molar refractivity (Wildman–Crippen MR) is 69.1 cm³/mol. The summed E-state index contributed by atoms with van der Waals surface area (Å²) < 4.78 is 33.2. The molecule has 104 valence electrons. The Hall–Kier alpha value is -1.00. The highest BCUT2D eigenvalue weighted by Gasteiger charge is 2.48. The zero-order chi connectivity index (χ0) is 13.5. The summed E-state index contributed by atoms with van der Waals surface area (Å²) in [6, 6.07) is 4.41. The van der Waals surface area contributed by atoms with Gasteiger partial charge in [-0.15, -0.1) is 0 Å². The normalized spacial score (nSPS) is 28.6. The van der Waals surface area contributed by atoms with Gasteiger partial charge >= 0.3 is 0 Å². The molecule has 1 N–H and O–H groups in total. The molecule has 1 aliphatic carbocycles. The summed E-state index contributed by atoms with van der Waals surface area (Å²) in [6.07, 6.45) is 2.85. The van der Waals surface area contributed by atoms with Crippen molar-refractivity contribution in [3.63, 3.8) is 0 Å². The van der Waals surface area contributed by atoms with Crippen LogP contribution in [0.2, 0.25) is 0 Å². The van der Waals surface area contributed by atoms with Gasteiger partial charge in [-0.1, -0.05) is 6.07 Å². The summed E-state index contributed by atoms with van der Waals surface area (Å²) in [4.78, 5) is 0. The summed E-state index contributed by atoms with van der Waals surface area (Å²) in [5.41, 5.74) is -0.0911. The molecular formula is C15H19F2NO. The van der Waals surface area contributed by atoms with Crippen molar-refractivity contribution < 1.29 is 13.5 Å². The standard InChI is InChI=1S/C15H19F2NO/c1-10-13(5-8-19-10)18-9-15(6-7-15)14-11(16)3-2-4-12(14)17/h2-4,10,13,18H,5-9H2,1H3. The van der Waals surface area contributed by atoms with E-state index in [1.807, 2.05) is 6.92 Å². The highest BCUT2D eigenvalue weighted by atomic mass is 19.1. The van der Waals surface area contributed by atoms with Crippen LogP contribution in [-0.4, -0.2) is 25.3 Å². The lowest BCUT2D eigenvalue weighted by Crippen LogP contribution is -2.40. The summed E-state index contributed by atoms with van der Waals surface area (Å²) >= 11 is 0. The molecular weight excluding hydrogens is 248 g/mol. The lowest BCUT2D eigenvalue weighted by molar-refractivity contribution is 0.112. The summed E-state index contributed by atoms with van der Waals surface area (Å²) in [6.45, 7) is 3.43. The Kier molecular flexibility index (Phi) is 3.31. The molecule has 0 spiro atoms. The van der Waals surface area contributed by atoms with E-state index in [2.05, 4.69) is 5.32 Å². The van der Waals surface area contributed by atoms with Gasteiger partial charge in [0.05, 0.1) is 6.10 Å². The van der Waals surface area contributed by atoms with Gasteiger partial charge in [0.1, 0.15) is 11.6 Å². The van der Waals surface area contributed by atoms with E-state index in [4.69, 9.17) is 4.74 Å². The Labute approximate surface area is 112 Å². The van der Waals surface area contributed by atoms with E-state index in [0.717, 1.165) is 25.9 Å². The zero-order valence-corrected chi connectivity index (χ0v) is 11.1. The van der Waals surface area contributed by atoms with E-state index in [-0.39, 0.29) is 17.1 Å². The lowest BCUT2D eigenvalue weighted by atomic mass is 9.94. The average Bonchev–Trinajstić information content (AvgIpc) is 3.03. The van der Waals surface area contributed by atoms with Crippen molar-refractivity contribution in [3.05, 3.63) is 35.4 Å². The Morgan fingerprint density at radius 3 is 2.53 bits per heavy atom. The molecule has 2 fully saturated rings. The van der Waals surface area contributed by atoms with Gasteiger partial charge in [0, 0.05) is 30.2 Å². The first-order valence-corrected chi connectivity index (χ1v) is 6.92. The maximum atomic E-state index is 13.9. The minimum atomic E-state index is -0.421. The van der Waals surface area contributed by atoms with Crippen LogP contribution < -0.4 is 5.32 Å². The van der Waals surface area contributed by atoms with E-state index in [1.54, 1.807) is 0 Å². The number of hydrogen-bond donors (Lipinski definition) is 1. The number of hydrogen-bond acceptors (Lipinski definition) is 2. The second-order valence-corrected chi connectivity index (χ2v) is 5.73. The molecule has 2 aliphatic rings. The van der Waals surface area contributed by atoms with Crippen LogP contribution in [0.15, 0.2) is 18.2 Å². The average molecular weight is 267 g/mol. The van der Waals surface area contributed by atoms with E-state index < -0.39 is 11.6 Å². The first kappa shape index (κ1) is 13.0. The molecule has 2 atom stereocenters. The smallest absolute Gasteiger partial charge is 0.129 e. The quantitative estimate of drug-likeness (QED) is 0.905. The van der Waals surface area contributed by atoms with Crippen LogP contribution in [0.4, 0.5) is 8.78 Å². The number of nitrogens with one attached hydrogen (secondary N) is 1. The topological polar surface area (TPSA) is 21.3 Å². The Bertz CT molecular complexity index is 453. The molecule has 2 unspecified atom stereocenters. The van der Waals surface area contributed by atoms with E-state index in [1.165, 1.54) is 18.2 Å². The second kappa shape index (κ2) is 4.84. The second-order valence-electron chi connectivity index (χ2n) is 5.73. The van der Waals surface area contributed by atoms with Crippen molar-refractivity contribution in [2.45, 2.75) is 43.7 Å². The zero-order valence-electron chi connectivity index (χ0n) is 11.1. The number of halogens is 2. The van der Waals surface area contributed by atoms with Gasteiger partial charge in [0.25, 0.3) is 0 Å². The third-order valence-corrected chi connectivity index (χ3v) is 4.43. The molecule has 0 radical (unpaired) electrons. The molecule has 0 bridgehead atoms. The maximum absolute atomic E-state index is 13.9. The van der Waals surface area contributed by atoms with Crippen molar-refractivity contribution in [2.24, 2.45) is 0 Å². The van der Waals surface area contributed by atoms with Crippen LogP contribution in [0, 0.1) is 11.6 Å². The van der Waals surface area contributed by atoms with Crippen LogP contribution >= 0.6 is 0 Å². The van der Waals surface area contributed by atoms with Crippen molar-refractivity contribution >= 4 is 0 Å². The molecule has 19 heavy (non-hydrogen) atoms. The highest BCUT2D eigenvalue weighted by Crippen LogP contribution is 2.49. The lowest BCUT2D eigenvalue weighted by Gasteiger charge is -2.22. The molecule has 1 saturated heterocycles. The molecule has 1 heterocycles. The SMILES string of the molecule is CC1OCCC1NCC1(c2c(F)cccc2F)CC1. The third kappa shape index (κ3) is 2.39. The van der Waals surface area contributed by atoms with Gasteiger partial charge in [-0.05, 0) is 38.3 Å². The number of rotatable bonds is 4. The Morgan fingerprint density at radius 1 is 1.32 bits per heavy atom. The van der Waals surface area contributed by atoms with Crippen LogP contribution in [0.1, 0.15) is 31.7 Å². The van der Waals surface area contributed by atoms with E-state index in [0.29, 0.717) is 12.6 Å². The first-order valence-electron chi connectivity index (χ1n) is 6.92. The van der Waals surface area contributed by atoms with Crippen LogP contribution in [0.5, 0.6) is 0 Å². The molecule has 1 aromatic carbocycles. The summed E-state index contributed by atoms with van der Waals surface area (Å²) in [5.74, 6) is -0.843. The molecule has 0 aromatic heterocycles. The maximum Gasteiger partial charge on any atom is 0.129 e. The molecule has 1 saturated carbocycles. The summed E-state index contributed by atoms with van der Waals surface area (Å²) in [7, 11) is 0. The van der Waals surface area contributed by atoms with Gasteiger partial charge in [0.15, 0.2) is 0 Å². The molecule has 1 aromatic rings. The molecule has 0 amide bonds. The largest absolute Gasteiger partial charge is 0.377 e. The van der Waals surface area contributed by atoms with Gasteiger partial charge < -0.3 is 10.1 Å². The molecule has 1 aliphatic heterocycles. The van der Waals surface area contributed by atoms with Gasteiger partial charge in [-0.2, -0.15) is 0 Å². The fourth-order valence-corrected chi connectivity index (χ4v) is 3.00. The molecule has 2 nitrogen and oxygen atoms in total. The highest BCUT2D eigenvalue weighted by molar-refractivity contribution is 5.34. The predicted octanol–water partition coefficient (Wildman–Crippen LogP) is 2.76. The van der Waals surface area contributed by atoms with Gasteiger partial charge in [-0.25, -0.2) is 8.78 Å². The first-order chi connectivity index (χ1) is 9.12. The van der Waals surface area contributed by atoms with E-state index >= 15 is 0 Å². The van der Waals surface area contributed by atoms with Crippen LogP contribution in [0.25, 0.3) is 0 Å². The van der Waals surface area contributed by atoms with Gasteiger partial charge in [-0.3, -0.25) is 0 Å². The van der Waals surface area contributed by atoms with Gasteiger partial charge in [0.2, 0.25) is 0 Å². The number of ether oxygens (including phenoxy) is 1. The van der Waals surface area contributed by atoms with Crippen molar-refractivity contribution in [1.29, 1.82) is 0 Å². The van der Waals surface area contributed by atoms with Crippen LogP contribution in [-0.2, 0) is 10.2 Å². The van der Waals surface area contributed by atoms with Crippen LogP contribution in [0.3, 0.4) is 0 Å². The van der Waals surface area contributed by atoms with Crippen molar-refractivity contribution in [3.8, 4) is 0 Å². The summed E-state index contributed by atoms with van der Waals surface area (Å²) in [5, 5.41) is 3.43. The Morgan fingerprint density at radius 2 is 2.00 bits per heavy atom. The molecule has 3 rings (SSSR count). The molecule has 4 heteroatoms. The fraction of sp³-hybridized carbons (Fsp3) is 0.600. The van der Waals surface area contributed by atoms with Crippen molar-refractivity contribution in [1.82, 2.24) is 5.32 Å². The fourth-order valence-electron chi connectivity index (χ4n) is 3.00. The minimum absolute atomic E-state index is 0.182. The van der Waals surface area contributed by atoms with Crippen molar-refractivity contribution in [2.75, 3.05) is 13.2 Å².